The Hall–Kier alpha value is -1.17. The maximum atomic E-state index is 13.5. The fraction of sp³-hybridized carbons (Fsp3) is 0.300. The summed E-state index contributed by atoms with van der Waals surface area (Å²) in [6.07, 6.45) is -0.274. The van der Waals surface area contributed by atoms with Crippen LogP contribution in [0, 0.1) is 17.6 Å². The lowest BCUT2D eigenvalue weighted by Gasteiger charge is -2.11. The molecule has 1 aromatic rings. The number of carboxylic acids is 1. The highest BCUT2D eigenvalue weighted by molar-refractivity contribution is 9.10. The normalized spacial score (nSPS) is 12.5. The number of halogens is 3. The number of carbonyl (C=O) groups is 1. The largest absolute Gasteiger partial charge is 0.505 e. The van der Waals surface area contributed by atoms with E-state index in [1.165, 1.54) is 6.92 Å². The van der Waals surface area contributed by atoms with Gasteiger partial charge in [-0.2, -0.15) is 0 Å². The van der Waals surface area contributed by atoms with Crippen LogP contribution in [0.25, 0.3) is 0 Å². The molecule has 0 bridgehead atoms. The van der Waals surface area contributed by atoms with E-state index in [1.54, 1.807) is 0 Å². The van der Waals surface area contributed by atoms with Crippen molar-refractivity contribution in [3.8, 4) is 5.75 Å². The molecule has 0 fully saturated rings. The van der Waals surface area contributed by atoms with Crippen molar-refractivity contribution in [1.29, 1.82) is 0 Å². The molecule has 0 aliphatic rings. The first-order chi connectivity index (χ1) is 7.34. The summed E-state index contributed by atoms with van der Waals surface area (Å²) < 4.78 is 26.4. The van der Waals surface area contributed by atoms with Crippen molar-refractivity contribution in [1.82, 2.24) is 0 Å². The van der Waals surface area contributed by atoms with Crippen LogP contribution in [0.2, 0.25) is 0 Å². The Balaban J connectivity index is 3.17. The Morgan fingerprint density at radius 2 is 2.12 bits per heavy atom. The molecule has 1 atom stereocenters. The zero-order valence-electron chi connectivity index (χ0n) is 8.30. The van der Waals surface area contributed by atoms with Gasteiger partial charge in [0.15, 0.2) is 11.6 Å². The van der Waals surface area contributed by atoms with Crippen LogP contribution in [0.4, 0.5) is 8.78 Å². The number of hydrogen-bond acceptors (Lipinski definition) is 2. The predicted molar refractivity (Wildman–Crippen MR) is 56.2 cm³/mol. The maximum Gasteiger partial charge on any atom is 0.306 e. The van der Waals surface area contributed by atoms with Crippen LogP contribution in [0.3, 0.4) is 0 Å². The minimum absolute atomic E-state index is 0.143. The van der Waals surface area contributed by atoms with Crippen LogP contribution >= 0.6 is 15.9 Å². The summed E-state index contributed by atoms with van der Waals surface area (Å²) in [4.78, 5) is 10.6. The first kappa shape index (κ1) is 12.9. The molecule has 1 unspecified atom stereocenters. The second kappa shape index (κ2) is 4.78. The van der Waals surface area contributed by atoms with Crippen LogP contribution in [0.5, 0.6) is 5.75 Å². The fourth-order valence-electron chi connectivity index (χ4n) is 1.22. The van der Waals surface area contributed by atoms with Crippen LogP contribution in [0.15, 0.2) is 10.5 Å². The molecule has 0 radical (unpaired) electrons. The summed E-state index contributed by atoms with van der Waals surface area (Å²) in [5.74, 6) is -4.71. The number of rotatable bonds is 3. The Morgan fingerprint density at radius 3 is 2.62 bits per heavy atom. The molecule has 2 N–H and O–H groups in total. The molecule has 0 saturated heterocycles. The van der Waals surface area contributed by atoms with Gasteiger partial charge in [-0.15, -0.1) is 0 Å². The van der Waals surface area contributed by atoms with Crippen molar-refractivity contribution in [2.75, 3.05) is 0 Å². The Kier molecular flexibility index (Phi) is 3.85. The molecule has 0 amide bonds. The van der Waals surface area contributed by atoms with Gasteiger partial charge in [0.05, 0.1) is 10.4 Å². The van der Waals surface area contributed by atoms with E-state index < -0.39 is 29.3 Å². The number of aliphatic carboxylic acids is 1. The average molecular weight is 295 g/mol. The van der Waals surface area contributed by atoms with E-state index in [2.05, 4.69) is 15.9 Å². The maximum absolute atomic E-state index is 13.5. The number of hydrogen-bond donors (Lipinski definition) is 2. The summed E-state index contributed by atoms with van der Waals surface area (Å²) in [6.45, 7) is 1.35. The SMILES string of the molecule is CC(Cc1c(O)c(F)cc(Br)c1F)C(=O)O. The zero-order valence-corrected chi connectivity index (χ0v) is 9.88. The molecule has 6 heteroatoms. The topological polar surface area (TPSA) is 57.5 Å². The highest BCUT2D eigenvalue weighted by Crippen LogP contribution is 2.31. The lowest BCUT2D eigenvalue weighted by molar-refractivity contribution is -0.141. The number of carboxylic acid groups (broad SMARTS) is 1. The molecule has 1 rings (SSSR count). The van der Waals surface area contributed by atoms with Gasteiger partial charge in [0.2, 0.25) is 0 Å². The van der Waals surface area contributed by atoms with E-state index in [9.17, 15) is 18.7 Å². The highest BCUT2D eigenvalue weighted by Gasteiger charge is 2.21. The summed E-state index contributed by atoms with van der Waals surface area (Å²) >= 11 is 2.78. The van der Waals surface area contributed by atoms with Gasteiger partial charge in [-0.1, -0.05) is 6.92 Å². The quantitative estimate of drug-likeness (QED) is 0.843. The van der Waals surface area contributed by atoms with Gasteiger partial charge in [-0.25, -0.2) is 8.78 Å². The molecular formula is C10H9BrF2O3. The van der Waals surface area contributed by atoms with E-state index in [4.69, 9.17) is 5.11 Å². The molecule has 0 spiro atoms. The first-order valence-corrected chi connectivity index (χ1v) is 5.22. The lowest BCUT2D eigenvalue weighted by atomic mass is 10.00. The lowest BCUT2D eigenvalue weighted by Crippen LogP contribution is -2.13. The Labute approximate surface area is 98.8 Å². The summed E-state index contributed by atoms with van der Waals surface area (Å²) in [7, 11) is 0. The van der Waals surface area contributed by atoms with Crippen molar-refractivity contribution in [2.24, 2.45) is 5.92 Å². The number of phenols is 1. The number of benzene rings is 1. The summed E-state index contributed by atoms with van der Waals surface area (Å²) in [6, 6.07) is 0.791. The molecule has 0 aliphatic carbocycles. The number of aromatic hydroxyl groups is 1. The van der Waals surface area contributed by atoms with Gasteiger partial charge in [0.1, 0.15) is 5.82 Å². The van der Waals surface area contributed by atoms with Gasteiger partial charge in [-0.05, 0) is 28.4 Å². The van der Waals surface area contributed by atoms with Crippen LogP contribution < -0.4 is 0 Å². The smallest absolute Gasteiger partial charge is 0.306 e. The number of phenolic OH excluding ortho intramolecular Hbond substituents is 1. The van der Waals surface area contributed by atoms with Gasteiger partial charge < -0.3 is 10.2 Å². The van der Waals surface area contributed by atoms with Gasteiger partial charge in [-0.3, -0.25) is 4.79 Å². The third-order valence-corrected chi connectivity index (χ3v) is 2.75. The molecule has 0 aromatic heterocycles. The summed E-state index contributed by atoms with van der Waals surface area (Å²) in [5, 5.41) is 18.0. The first-order valence-electron chi connectivity index (χ1n) is 4.42. The standard InChI is InChI=1S/C10H9BrF2O3/c1-4(10(15)16)2-5-8(13)6(11)3-7(12)9(5)14/h3-4,14H,2H2,1H3,(H,15,16). The van der Waals surface area contributed by atoms with E-state index in [-0.39, 0.29) is 16.5 Å². The predicted octanol–water partition coefficient (Wildman–Crippen LogP) is 2.70. The van der Waals surface area contributed by atoms with Crippen molar-refractivity contribution in [2.45, 2.75) is 13.3 Å². The van der Waals surface area contributed by atoms with E-state index >= 15 is 0 Å². The second-order valence-corrected chi connectivity index (χ2v) is 4.28. The third-order valence-electron chi connectivity index (χ3n) is 2.17. The van der Waals surface area contributed by atoms with Crippen molar-refractivity contribution >= 4 is 21.9 Å². The van der Waals surface area contributed by atoms with Crippen LogP contribution in [-0.4, -0.2) is 16.2 Å². The van der Waals surface area contributed by atoms with Crippen molar-refractivity contribution in [3.05, 3.63) is 27.7 Å². The Bertz CT molecular complexity index is 408. The minimum atomic E-state index is -1.14. The molecule has 16 heavy (non-hydrogen) atoms. The third kappa shape index (κ3) is 2.49. The average Bonchev–Trinajstić information content (AvgIpc) is 2.21. The molecular weight excluding hydrogens is 286 g/mol. The summed E-state index contributed by atoms with van der Waals surface area (Å²) in [5.41, 5.74) is -0.332. The van der Waals surface area contributed by atoms with E-state index in [0.717, 1.165) is 6.07 Å². The van der Waals surface area contributed by atoms with Crippen LogP contribution in [-0.2, 0) is 11.2 Å². The van der Waals surface area contributed by atoms with Crippen molar-refractivity contribution < 1.29 is 23.8 Å². The molecule has 1 aromatic carbocycles. The molecule has 0 heterocycles. The van der Waals surface area contributed by atoms with Gasteiger partial charge in [0, 0.05) is 5.56 Å². The van der Waals surface area contributed by atoms with Crippen LogP contribution in [0.1, 0.15) is 12.5 Å². The minimum Gasteiger partial charge on any atom is -0.505 e. The van der Waals surface area contributed by atoms with E-state index in [1.807, 2.05) is 0 Å². The Morgan fingerprint density at radius 1 is 1.56 bits per heavy atom. The van der Waals surface area contributed by atoms with Gasteiger partial charge in [0.25, 0.3) is 0 Å². The molecule has 88 valence electrons. The second-order valence-electron chi connectivity index (χ2n) is 3.42. The van der Waals surface area contributed by atoms with Crippen molar-refractivity contribution in [3.63, 3.8) is 0 Å². The van der Waals surface area contributed by atoms with E-state index in [0.29, 0.717) is 0 Å². The van der Waals surface area contributed by atoms with Gasteiger partial charge >= 0.3 is 5.97 Å². The molecule has 0 aliphatic heterocycles. The fourth-order valence-corrected chi connectivity index (χ4v) is 1.66. The molecule has 3 nitrogen and oxygen atoms in total. The highest BCUT2D eigenvalue weighted by atomic mass is 79.9. The molecule has 0 saturated carbocycles. The zero-order chi connectivity index (χ0) is 12.5. The monoisotopic (exact) mass is 294 g/mol.